The van der Waals surface area contributed by atoms with Crippen molar-refractivity contribution in [3.63, 3.8) is 0 Å². The number of amides is 1. The number of hydrogen-bond donors (Lipinski definition) is 1. The summed E-state index contributed by atoms with van der Waals surface area (Å²) in [6.07, 6.45) is 4.47. The smallest absolute Gasteiger partial charge is 0.227 e. The molecule has 0 aliphatic rings. The van der Waals surface area contributed by atoms with Crippen LogP contribution in [0.1, 0.15) is 25.3 Å². The third-order valence-corrected chi connectivity index (χ3v) is 3.03. The van der Waals surface area contributed by atoms with Crippen LogP contribution >= 0.6 is 0 Å². The fourth-order valence-corrected chi connectivity index (χ4v) is 1.86. The van der Waals surface area contributed by atoms with Gasteiger partial charge in [0.1, 0.15) is 0 Å². The molecule has 0 saturated carbocycles. The summed E-state index contributed by atoms with van der Waals surface area (Å²) in [5, 5.41) is 8.69. The van der Waals surface area contributed by atoms with E-state index in [2.05, 4.69) is 11.1 Å². The number of rotatable bonds is 7. The van der Waals surface area contributed by atoms with Crippen molar-refractivity contribution in [3.8, 4) is 6.07 Å². The predicted octanol–water partition coefficient (Wildman–Crippen LogP) is 1.31. The van der Waals surface area contributed by atoms with Gasteiger partial charge in [-0.05, 0) is 18.1 Å². The number of hydrogen-bond acceptors (Lipinski definition) is 4. The van der Waals surface area contributed by atoms with Crippen molar-refractivity contribution >= 4 is 5.91 Å². The fourth-order valence-electron chi connectivity index (χ4n) is 1.86. The van der Waals surface area contributed by atoms with E-state index in [1.807, 2.05) is 19.1 Å². The van der Waals surface area contributed by atoms with E-state index >= 15 is 0 Å². The van der Waals surface area contributed by atoms with Gasteiger partial charge in [-0.2, -0.15) is 5.26 Å². The van der Waals surface area contributed by atoms with E-state index in [9.17, 15) is 4.79 Å². The maximum atomic E-state index is 12.3. The molecule has 5 heteroatoms. The normalized spacial score (nSPS) is 11.6. The van der Waals surface area contributed by atoms with Crippen LogP contribution in [0.25, 0.3) is 0 Å². The largest absolute Gasteiger partial charge is 0.337 e. The molecule has 2 N–H and O–H groups in total. The van der Waals surface area contributed by atoms with Gasteiger partial charge in [0.05, 0.1) is 18.4 Å². The zero-order chi connectivity index (χ0) is 14.1. The van der Waals surface area contributed by atoms with Crippen LogP contribution in [0.5, 0.6) is 0 Å². The number of nitrogens with zero attached hydrogens (tertiary/aromatic N) is 3. The number of pyridine rings is 1. The number of nitrogens with two attached hydrogens (primary N) is 1. The number of nitriles is 1. The van der Waals surface area contributed by atoms with Gasteiger partial charge in [0.2, 0.25) is 5.91 Å². The van der Waals surface area contributed by atoms with Gasteiger partial charge < -0.3 is 10.6 Å². The van der Waals surface area contributed by atoms with Crippen LogP contribution in [0, 0.1) is 17.2 Å². The highest BCUT2D eigenvalue weighted by atomic mass is 16.2. The van der Waals surface area contributed by atoms with Gasteiger partial charge in [-0.1, -0.05) is 13.0 Å². The third-order valence-electron chi connectivity index (χ3n) is 3.03. The molecule has 0 saturated heterocycles. The molecular formula is C14H20N4O. The van der Waals surface area contributed by atoms with Crippen LogP contribution in [-0.4, -0.2) is 28.9 Å². The number of carbonyl (C=O) groups is 1. The van der Waals surface area contributed by atoms with Crippen molar-refractivity contribution in [1.29, 1.82) is 5.26 Å². The quantitative estimate of drug-likeness (QED) is 0.801. The van der Waals surface area contributed by atoms with E-state index in [1.165, 1.54) is 0 Å². The molecule has 0 fully saturated rings. The summed E-state index contributed by atoms with van der Waals surface area (Å²) in [5.41, 5.74) is 6.58. The fraction of sp³-hybridized carbons (Fsp3) is 0.500. The zero-order valence-corrected chi connectivity index (χ0v) is 11.2. The maximum Gasteiger partial charge on any atom is 0.227 e. The molecule has 1 rings (SSSR count). The Kier molecular flexibility index (Phi) is 6.55. The Bertz CT molecular complexity index is 423. The SMILES string of the molecule is CCC(CN)C(=O)N(CCC#N)Cc1cccnc1. The molecule has 1 aromatic rings. The van der Waals surface area contributed by atoms with Crippen LogP contribution in [0.15, 0.2) is 24.5 Å². The van der Waals surface area contributed by atoms with Crippen LogP contribution in [-0.2, 0) is 11.3 Å². The summed E-state index contributed by atoms with van der Waals surface area (Å²) >= 11 is 0. The molecule has 1 unspecified atom stereocenters. The first kappa shape index (κ1) is 15.1. The van der Waals surface area contributed by atoms with E-state index in [0.717, 1.165) is 5.56 Å². The highest BCUT2D eigenvalue weighted by molar-refractivity contribution is 5.79. The van der Waals surface area contributed by atoms with E-state index in [1.54, 1.807) is 17.3 Å². The van der Waals surface area contributed by atoms with E-state index in [4.69, 9.17) is 11.0 Å². The summed E-state index contributed by atoms with van der Waals surface area (Å²) < 4.78 is 0. The third kappa shape index (κ3) is 4.68. The van der Waals surface area contributed by atoms with Gasteiger partial charge >= 0.3 is 0 Å². The monoisotopic (exact) mass is 260 g/mol. The summed E-state index contributed by atoms with van der Waals surface area (Å²) in [6, 6.07) is 5.83. The summed E-state index contributed by atoms with van der Waals surface area (Å²) in [5.74, 6) is -0.153. The highest BCUT2D eigenvalue weighted by Gasteiger charge is 2.21. The maximum absolute atomic E-state index is 12.3. The minimum atomic E-state index is -0.171. The molecule has 0 aliphatic carbocycles. The molecule has 1 heterocycles. The Morgan fingerprint density at radius 1 is 1.63 bits per heavy atom. The lowest BCUT2D eigenvalue weighted by molar-refractivity contribution is -0.135. The molecule has 0 aromatic carbocycles. The molecule has 1 aromatic heterocycles. The van der Waals surface area contributed by atoms with E-state index < -0.39 is 0 Å². The standard InChI is InChI=1S/C14H20N4O/c1-2-13(9-16)14(19)18(8-4-6-15)11-12-5-3-7-17-10-12/h3,5,7,10,13H,2,4,8-9,11,16H2,1H3. The van der Waals surface area contributed by atoms with Crippen molar-refractivity contribution in [2.24, 2.45) is 11.7 Å². The lowest BCUT2D eigenvalue weighted by Gasteiger charge is -2.25. The van der Waals surface area contributed by atoms with Crippen molar-refractivity contribution < 1.29 is 4.79 Å². The van der Waals surface area contributed by atoms with Gasteiger partial charge in [-0.3, -0.25) is 9.78 Å². The van der Waals surface area contributed by atoms with Crippen LogP contribution < -0.4 is 5.73 Å². The molecular weight excluding hydrogens is 240 g/mol. The van der Waals surface area contributed by atoms with Gasteiger partial charge in [0.15, 0.2) is 0 Å². The minimum Gasteiger partial charge on any atom is -0.337 e. The van der Waals surface area contributed by atoms with Crippen LogP contribution in [0.4, 0.5) is 0 Å². The molecule has 102 valence electrons. The Morgan fingerprint density at radius 2 is 2.42 bits per heavy atom. The first-order valence-corrected chi connectivity index (χ1v) is 6.47. The van der Waals surface area contributed by atoms with Gasteiger partial charge in [0.25, 0.3) is 0 Å². The number of aromatic nitrogens is 1. The minimum absolute atomic E-state index is 0.0177. The molecule has 0 aliphatic heterocycles. The summed E-state index contributed by atoms with van der Waals surface area (Å²) in [6.45, 7) is 3.19. The molecule has 1 atom stereocenters. The molecule has 5 nitrogen and oxygen atoms in total. The Balaban J connectivity index is 2.77. The zero-order valence-electron chi connectivity index (χ0n) is 11.2. The summed E-state index contributed by atoms with van der Waals surface area (Å²) in [4.78, 5) is 18.1. The molecule has 0 bridgehead atoms. The number of carbonyl (C=O) groups excluding carboxylic acids is 1. The van der Waals surface area contributed by atoms with Gasteiger partial charge in [-0.25, -0.2) is 0 Å². The molecule has 1 amide bonds. The van der Waals surface area contributed by atoms with Crippen LogP contribution in [0.2, 0.25) is 0 Å². The first-order chi connectivity index (χ1) is 9.22. The lowest BCUT2D eigenvalue weighted by Crippen LogP contribution is -2.39. The van der Waals surface area contributed by atoms with Gasteiger partial charge in [-0.15, -0.1) is 0 Å². The van der Waals surface area contributed by atoms with Crippen LogP contribution in [0.3, 0.4) is 0 Å². The van der Waals surface area contributed by atoms with Crippen molar-refractivity contribution in [2.75, 3.05) is 13.1 Å². The Morgan fingerprint density at radius 3 is 2.95 bits per heavy atom. The van der Waals surface area contributed by atoms with Crippen molar-refractivity contribution in [2.45, 2.75) is 26.3 Å². The molecule has 0 radical (unpaired) electrons. The highest BCUT2D eigenvalue weighted by Crippen LogP contribution is 2.11. The average Bonchev–Trinajstić information content (AvgIpc) is 2.45. The van der Waals surface area contributed by atoms with E-state index in [-0.39, 0.29) is 11.8 Å². The van der Waals surface area contributed by atoms with Crippen molar-refractivity contribution in [3.05, 3.63) is 30.1 Å². The second-order valence-corrected chi connectivity index (χ2v) is 4.37. The van der Waals surface area contributed by atoms with Gasteiger partial charge in [0, 0.05) is 32.0 Å². The Labute approximate surface area is 114 Å². The van der Waals surface area contributed by atoms with Crippen molar-refractivity contribution in [1.82, 2.24) is 9.88 Å². The Hall–Kier alpha value is -1.93. The predicted molar refractivity (Wildman–Crippen MR) is 72.7 cm³/mol. The second kappa shape index (κ2) is 8.22. The second-order valence-electron chi connectivity index (χ2n) is 4.37. The topological polar surface area (TPSA) is 83.0 Å². The lowest BCUT2D eigenvalue weighted by atomic mass is 10.0. The summed E-state index contributed by atoms with van der Waals surface area (Å²) in [7, 11) is 0. The van der Waals surface area contributed by atoms with E-state index in [0.29, 0.717) is 32.5 Å². The molecule has 0 spiro atoms. The average molecular weight is 260 g/mol. The first-order valence-electron chi connectivity index (χ1n) is 6.47. The molecule has 19 heavy (non-hydrogen) atoms.